The minimum atomic E-state index is -0.0598. The number of rotatable bonds is 2. The monoisotopic (exact) mass is 183 g/mol. The van der Waals surface area contributed by atoms with Gasteiger partial charge in [-0.05, 0) is 19.1 Å². The molecule has 0 amide bonds. The molecule has 1 aliphatic rings. The highest BCUT2D eigenvalue weighted by atomic mass is 32.2. The molecule has 0 radical (unpaired) electrons. The molecule has 1 saturated carbocycles. The van der Waals surface area contributed by atoms with Crippen molar-refractivity contribution in [2.45, 2.75) is 23.5 Å². The predicted octanol–water partition coefficient (Wildman–Crippen LogP) is 1.09. The fourth-order valence-corrected chi connectivity index (χ4v) is 1.97. The molecule has 0 spiro atoms. The van der Waals surface area contributed by atoms with Crippen molar-refractivity contribution in [2.75, 3.05) is 6.26 Å². The van der Waals surface area contributed by atoms with Crippen LogP contribution in [0.1, 0.15) is 18.5 Å². The van der Waals surface area contributed by atoms with E-state index in [4.69, 9.17) is 5.73 Å². The first-order valence-corrected chi connectivity index (χ1v) is 5.25. The summed E-state index contributed by atoms with van der Waals surface area (Å²) >= 11 is 1.66. The van der Waals surface area contributed by atoms with Crippen LogP contribution in [0.3, 0.4) is 0 Å². The second-order valence-electron chi connectivity index (χ2n) is 3.35. The van der Waals surface area contributed by atoms with Crippen molar-refractivity contribution in [3.63, 3.8) is 0 Å². The molecule has 1 aliphatic carbocycles. The summed E-state index contributed by atoms with van der Waals surface area (Å²) in [6, 6.07) is 0. The van der Waals surface area contributed by atoms with Crippen LogP contribution in [0.25, 0.3) is 0 Å². The van der Waals surface area contributed by atoms with E-state index >= 15 is 0 Å². The van der Waals surface area contributed by atoms with Gasteiger partial charge >= 0.3 is 0 Å². The Bertz CT molecular complexity index is 301. The van der Waals surface area contributed by atoms with Gasteiger partial charge in [0.1, 0.15) is 0 Å². The Hall–Kier alpha value is -0.480. The molecule has 0 bridgehead atoms. The molecule has 0 aromatic carbocycles. The maximum absolute atomic E-state index is 6.07. The summed E-state index contributed by atoms with van der Waals surface area (Å²) in [5.74, 6) is 0. The molecule has 2 rings (SSSR count). The molecule has 1 fully saturated rings. The average molecular weight is 183 g/mol. The lowest BCUT2D eigenvalue weighted by Gasteiger charge is -2.09. The molecule has 0 aliphatic heterocycles. The van der Waals surface area contributed by atoms with E-state index < -0.39 is 0 Å². The number of nitrogens with two attached hydrogens (primary N) is 1. The highest BCUT2D eigenvalue weighted by molar-refractivity contribution is 7.98. The van der Waals surface area contributed by atoms with Crippen LogP contribution in [0.4, 0.5) is 0 Å². The maximum Gasteiger partial charge on any atom is 0.167 e. The predicted molar refractivity (Wildman–Crippen MR) is 50.1 cm³/mol. The third-order valence-electron chi connectivity index (χ3n) is 2.43. The first kappa shape index (κ1) is 8.13. The Morgan fingerprint density at radius 1 is 1.67 bits per heavy atom. The summed E-state index contributed by atoms with van der Waals surface area (Å²) in [5, 5.41) is 1.04. The van der Waals surface area contributed by atoms with Gasteiger partial charge in [-0.15, -0.1) is 0 Å². The van der Waals surface area contributed by atoms with Crippen LogP contribution in [-0.2, 0) is 12.6 Å². The van der Waals surface area contributed by atoms with Gasteiger partial charge in [-0.25, -0.2) is 4.98 Å². The van der Waals surface area contributed by atoms with Gasteiger partial charge in [0.2, 0.25) is 0 Å². The van der Waals surface area contributed by atoms with E-state index in [1.54, 1.807) is 11.8 Å². The summed E-state index contributed by atoms with van der Waals surface area (Å²) in [4.78, 5) is 4.29. The van der Waals surface area contributed by atoms with Gasteiger partial charge in [0.25, 0.3) is 0 Å². The number of hydrogen-bond donors (Lipinski definition) is 1. The van der Waals surface area contributed by atoms with Crippen LogP contribution in [0.2, 0.25) is 0 Å². The van der Waals surface area contributed by atoms with E-state index in [-0.39, 0.29) is 5.54 Å². The lowest BCUT2D eigenvalue weighted by atomic mass is 10.2. The number of nitrogens with zero attached hydrogens (tertiary/aromatic N) is 2. The van der Waals surface area contributed by atoms with Gasteiger partial charge in [0.05, 0.1) is 17.4 Å². The summed E-state index contributed by atoms with van der Waals surface area (Å²) in [5.41, 5.74) is 7.18. The third kappa shape index (κ3) is 1.06. The van der Waals surface area contributed by atoms with Gasteiger partial charge in [-0.1, -0.05) is 11.8 Å². The lowest BCUT2D eigenvalue weighted by Crippen LogP contribution is -2.22. The number of aromatic nitrogens is 2. The van der Waals surface area contributed by atoms with E-state index in [9.17, 15) is 0 Å². The SMILES string of the molecule is CSc1ncc(C2(N)CC2)n1C. The lowest BCUT2D eigenvalue weighted by molar-refractivity contribution is 0.632. The largest absolute Gasteiger partial charge is 0.324 e. The van der Waals surface area contributed by atoms with Crippen LogP contribution in [0, 0.1) is 0 Å². The van der Waals surface area contributed by atoms with Crippen molar-refractivity contribution < 1.29 is 0 Å². The van der Waals surface area contributed by atoms with Crippen molar-refractivity contribution in [1.82, 2.24) is 9.55 Å². The van der Waals surface area contributed by atoms with E-state index in [0.29, 0.717) is 0 Å². The molecule has 0 unspecified atom stereocenters. The number of hydrogen-bond acceptors (Lipinski definition) is 3. The molecule has 0 atom stereocenters. The van der Waals surface area contributed by atoms with Gasteiger partial charge in [0, 0.05) is 7.05 Å². The Morgan fingerprint density at radius 3 is 2.75 bits per heavy atom. The van der Waals surface area contributed by atoms with Crippen LogP contribution < -0.4 is 5.73 Å². The first-order valence-electron chi connectivity index (χ1n) is 4.02. The van der Waals surface area contributed by atoms with Crippen molar-refractivity contribution in [3.05, 3.63) is 11.9 Å². The summed E-state index contributed by atoms with van der Waals surface area (Å²) in [7, 11) is 2.03. The minimum Gasteiger partial charge on any atom is -0.324 e. The molecular weight excluding hydrogens is 170 g/mol. The molecule has 1 heterocycles. The molecule has 1 aromatic heterocycles. The highest BCUT2D eigenvalue weighted by Crippen LogP contribution is 2.42. The smallest absolute Gasteiger partial charge is 0.167 e. The van der Waals surface area contributed by atoms with Crippen molar-refractivity contribution in [2.24, 2.45) is 12.8 Å². The quantitative estimate of drug-likeness (QED) is 0.698. The second kappa shape index (κ2) is 2.50. The van der Waals surface area contributed by atoms with Crippen molar-refractivity contribution in [1.29, 1.82) is 0 Å². The molecule has 1 aromatic rings. The molecular formula is C8H13N3S. The molecule has 3 nitrogen and oxygen atoms in total. The summed E-state index contributed by atoms with van der Waals surface area (Å²) in [6.07, 6.45) is 6.13. The van der Waals surface area contributed by atoms with E-state index in [0.717, 1.165) is 18.0 Å². The van der Waals surface area contributed by atoms with Gasteiger partial charge < -0.3 is 10.3 Å². The Morgan fingerprint density at radius 2 is 2.33 bits per heavy atom. The van der Waals surface area contributed by atoms with Gasteiger partial charge in [0.15, 0.2) is 5.16 Å². The molecule has 0 saturated heterocycles. The normalized spacial score (nSPS) is 19.6. The molecule has 4 heteroatoms. The van der Waals surface area contributed by atoms with Crippen molar-refractivity contribution >= 4 is 11.8 Å². The topological polar surface area (TPSA) is 43.8 Å². The number of imidazole rings is 1. The van der Waals surface area contributed by atoms with E-state index in [1.165, 1.54) is 5.69 Å². The number of thioether (sulfide) groups is 1. The summed E-state index contributed by atoms with van der Waals surface area (Å²) < 4.78 is 2.09. The van der Waals surface area contributed by atoms with Gasteiger partial charge in [-0.3, -0.25) is 0 Å². The standard InChI is InChI=1S/C8H13N3S/c1-11-6(8(9)3-4-8)5-10-7(11)12-2/h5H,3-4,9H2,1-2H3. The molecule has 12 heavy (non-hydrogen) atoms. The van der Waals surface area contributed by atoms with Crippen LogP contribution in [0.5, 0.6) is 0 Å². The fourth-order valence-electron chi connectivity index (χ4n) is 1.44. The Kier molecular flexibility index (Phi) is 1.70. The van der Waals surface area contributed by atoms with Crippen LogP contribution in [-0.4, -0.2) is 15.8 Å². The molecule has 66 valence electrons. The highest BCUT2D eigenvalue weighted by Gasteiger charge is 2.42. The minimum absolute atomic E-state index is 0.0598. The molecule has 2 N–H and O–H groups in total. The second-order valence-corrected chi connectivity index (χ2v) is 4.12. The Labute approximate surface area is 76.4 Å². The van der Waals surface area contributed by atoms with E-state index in [2.05, 4.69) is 9.55 Å². The van der Waals surface area contributed by atoms with Crippen LogP contribution in [0.15, 0.2) is 11.4 Å². The zero-order valence-electron chi connectivity index (χ0n) is 7.37. The zero-order valence-corrected chi connectivity index (χ0v) is 8.19. The first-order chi connectivity index (χ1) is 5.67. The maximum atomic E-state index is 6.07. The van der Waals surface area contributed by atoms with Crippen LogP contribution >= 0.6 is 11.8 Å². The third-order valence-corrected chi connectivity index (χ3v) is 3.17. The summed E-state index contributed by atoms with van der Waals surface area (Å²) in [6.45, 7) is 0. The fraction of sp³-hybridized carbons (Fsp3) is 0.625. The zero-order chi connectivity index (χ0) is 8.77. The van der Waals surface area contributed by atoms with Gasteiger partial charge in [-0.2, -0.15) is 0 Å². The van der Waals surface area contributed by atoms with Crippen molar-refractivity contribution in [3.8, 4) is 0 Å². The average Bonchev–Trinajstić information content (AvgIpc) is 2.65. The Balaban J connectivity index is 2.39. The van der Waals surface area contributed by atoms with E-state index in [1.807, 2.05) is 19.5 Å².